The lowest BCUT2D eigenvalue weighted by Crippen LogP contribution is -2.17. The number of anilines is 1. The second kappa shape index (κ2) is 5.45. The molecule has 1 aromatic carbocycles. The van der Waals surface area contributed by atoms with Crippen LogP contribution >= 0.6 is 0 Å². The summed E-state index contributed by atoms with van der Waals surface area (Å²) in [6.45, 7) is 2.90. The number of aliphatic hydroxyl groups excluding tert-OH is 1. The highest BCUT2D eigenvalue weighted by atomic mass is 16.3. The van der Waals surface area contributed by atoms with Gasteiger partial charge >= 0.3 is 0 Å². The number of aliphatic hydroxyl groups is 1. The van der Waals surface area contributed by atoms with Crippen molar-refractivity contribution in [3.05, 3.63) is 36.5 Å². The fourth-order valence-corrected chi connectivity index (χ4v) is 2.60. The Morgan fingerprint density at radius 3 is 2.53 bits per heavy atom. The van der Waals surface area contributed by atoms with Crippen molar-refractivity contribution in [3.63, 3.8) is 0 Å². The van der Waals surface area contributed by atoms with Gasteiger partial charge < -0.3 is 14.6 Å². The van der Waals surface area contributed by atoms with Gasteiger partial charge in [-0.2, -0.15) is 0 Å². The first-order chi connectivity index (χ1) is 9.38. The van der Waals surface area contributed by atoms with Crippen LogP contribution in [0.5, 0.6) is 0 Å². The Balaban J connectivity index is 1.97. The molecule has 1 N–H and O–H groups in total. The molecule has 0 bridgehead atoms. The summed E-state index contributed by atoms with van der Waals surface area (Å²) in [6.07, 6.45) is 4.55. The largest absolute Gasteiger partial charge is 0.395 e. The van der Waals surface area contributed by atoms with Crippen LogP contribution in [0.2, 0.25) is 0 Å². The van der Waals surface area contributed by atoms with Crippen molar-refractivity contribution in [1.82, 2.24) is 9.55 Å². The lowest BCUT2D eigenvalue weighted by molar-refractivity contribution is 0.277. The fourth-order valence-electron chi connectivity index (χ4n) is 2.60. The zero-order valence-electron chi connectivity index (χ0n) is 11.0. The van der Waals surface area contributed by atoms with Crippen LogP contribution in [0.25, 0.3) is 11.4 Å². The van der Waals surface area contributed by atoms with Gasteiger partial charge in [0.25, 0.3) is 0 Å². The molecule has 0 aliphatic carbocycles. The molecule has 0 amide bonds. The van der Waals surface area contributed by atoms with Crippen molar-refractivity contribution in [2.24, 2.45) is 0 Å². The Bertz CT molecular complexity index is 530. The molecule has 0 atom stereocenters. The number of aromatic nitrogens is 2. The first kappa shape index (κ1) is 12.2. The first-order valence-electron chi connectivity index (χ1n) is 6.87. The summed E-state index contributed by atoms with van der Waals surface area (Å²) in [5, 5.41) is 9.20. The molecule has 0 radical (unpaired) electrons. The SMILES string of the molecule is OCCn1cc(N2CCCC2)nc1-c1ccccc1. The molecule has 19 heavy (non-hydrogen) atoms. The van der Waals surface area contributed by atoms with E-state index < -0.39 is 0 Å². The summed E-state index contributed by atoms with van der Waals surface area (Å²) in [5.41, 5.74) is 1.10. The Labute approximate surface area is 113 Å². The van der Waals surface area contributed by atoms with E-state index >= 15 is 0 Å². The van der Waals surface area contributed by atoms with Crippen LogP contribution in [0.4, 0.5) is 5.82 Å². The Morgan fingerprint density at radius 2 is 1.84 bits per heavy atom. The standard InChI is InChI=1S/C15H19N3O/c19-11-10-18-12-14(17-8-4-5-9-17)16-15(18)13-6-2-1-3-7-13/h1-3,6-7,12,19H,4-5,8-11H2. The van der Waals surface area contributed by atoms with E-state index in [2.05, 4.69) is 23.2 Å². The minimum Gasteiger partial charge on any atom is -0.395 e. The highest BCUT2D eigenvalue weighted by Crippen LogP contribution is 2.25. The monoisotopic (exact) mass is 257 g/mol. The van der Waals surface area contributed by atoms with Crippen LogP contribution in [0.3, 0.4) is 0 Å². The van der Waals surface area contributed by atoms with Crippen molar-refractivity contribution in [2.45, 2.75) is 19.4 Å². The third-order valence-electron chi connectivity index (χ3n) is 3.57. The molecule has 0 saturated carbocycles. The van der Waals surface area contributed by atoms with Crippen LogP contribution in [0, 0.1) is 0 Å². The van der Waals surface area contributed by atoms with E-state index in [-0.39, 0.29) is 6.61 Å². The van der Waals surface area contributed by atoms with Gasteiger partial charge in [-0.3, -0.25) is 0 Å². The number of hydrogen-bond acceptors (Lipinski definition) is 3. The van der Waals surface area contributed by atoms with Crippen molar-refractivity contribution < 1.29 is 5.11 Å². The number of hydrogen-bond donors (Lipinski definition) is 1. The molecular weight excluding hydrogens is 238 g/mol. The number of imidazole rings is 1. The molecule has 0 unspecified atom stereocenters. The maximum Gasteiger partial charge on any atom is 0.147 e. The summed E-state index contributed by atoms with van der Waals surface area (Å²) in [4.78, 5) is 7.08. The Morgan fingerprint density at radius 1 is 1.11 bits per heavy atom. The Hall–Kier alpha value is -1.81. The second-order valence-electron chi connectivity index (χ2n) is 4.90. The van der Waals surface area contributed by atoms with Crippen LogP contribution in [0.1, 0.15) is 12.8 Å². The van der Waals surface area contributed by atoms with E-state index in [9.17, 15) is 5.11 Å². The average molecular weight is 257 g/mol. The van der Waals surface area contributed by atoms with Crippen molar-refractivity contribution >= 4 is 5.82 Å². The smallest absolute Gasteiger partial charge is 0.147 e. The quantitative estimate of drug-likeness (QED) is 0.912. The summed E-state index contributed by atoms with van der Waals surface area (Å²) < 4.78 is 2.04. The summed E-state index contributed by atoms with van der Waals surface area (Å²) in [5.74, 6) is 1.97. The van der Waals surface area contributed by atoms with Crippen LogP contribution in [-0.2, 0) is 6.54 Å². The van der Waals surface area contributed by atoms with E-state index in [4.69, 9.17) is 4.98 Å². The molecule has 100 valence electrons. The van der Waals surface area contributed by atoms with E-state index in [0.29, 0.717) is 6.54 Å². The zero-order valence-corrected chi connectivity index (χ0v) is 11.0. The molecule has 1 fully saturated rings. The van der Waals surface area contributed by atoms with E-state index in [1.807, 2.05) is 22.8 Å². The molecular formula is C15H19N3O. The fraction of sp³-hybridized carbons (Fsp3) is 0.400. The zero-order chi connectivity index (χ0) is 13.1. The van der Waals surface area contributed by atoms with Crippen molar-refractivity contribution in [3.8, 4) is 11.4 Å². The van der Waals surface area contributed by atoms with Gasteiger partial charge in [0, 0.05) is 31.4 Å². The van der Waals surface area contributed by atoms with Gasteiger partial charge in [-0.1, -0.05) is 30.3 Å². The minimum atomic E-state index is 0.135. The van der Waals surface area contributed by atoms with Crippen molar-refractivity contribution in [2.75, 3.05) is 24.6 Å². The molecule has 4 heteroatoms. The molecule has 1 aliphatic rings. The maximum atomic E-state index is 9.20. The molecule has 0 spiro atoms. The van der Waals surface area contributed by atoms with Gasteiger partial charge in [-0.25, -0.2) is 4.98 Å². The highest BCUT2D eigenvalue weighted by Gasteiger charge is 2.17. The highest BCUT2D eigenvalue weighted by molar-refractivity contribution is 5.59. The molecule has 1 aliphatic heterocycles. The molecule has 1 saturated heterocycles. The van der Waals surface area contributed by atoms with Gasteiger partial charge in [-0.05, 0) is 12.8 Å². The predicted molar refractivity (Wildman–Crippen MR) is 76.2 cm³/mol. The summed E-state index contributed by atoms with van der Waals surface area (Å²) in [6, 6.07) is 10.2. The van der Waals surface area contributed by atoms with Gasteiger partial charge in [0.05, 0.1) is 6.61 Å². The summed E-state index contributed by atoms with van der Waals surface area (Å²) >= 11 is 0. The maximum absolute atomic E-state index is 9.20. The third kappa shape index (κ3) is 2.49. The van der Waals surface area contributed by atoms with Crippen LogP contribution in [-0.4, -0.2) is 34.4 Å². The second-order valence-corrected chi connectivity index (χ2v) is 4.90. The van der Waals surface area contributed by atoms with Gasteiger partial charge in [0.2, 0.25) is 0 Å². The van der Waals surface area contributed by atoms with Crippen LogP contribution < -0.4 is 4.90 Å². The van der Waals surface area contributed by atoms with E-state index in [1.165, 1.54) is 12.8 Å². The number of nitrogens with zero attached hydrogens (tertiary/aromatic N) is 3. The van der Waals surface area contributed by atoms with E-state index in [1.54, 1.807) is 0 Å². The topological polar surface area (TPSA) is 41.3 Å². The third-order valence-corrected chi connectivity index (χ3v) is 3.57. The minimum absolute atomic E-state index is 0.135. The van der Waals surface area contributed by atoms with Gasteiger partial charge in [-0.15, -0.1) is 0 Å². The average Bonchev–Trinajstić information content (AvgIpc) is 3.08. The van der Waals surface area contributed by atoms with Crippen molar-refractivity contribution in [1.29, 1.82) is 0 Å². The number of benzene rings is 1. The summed E-state index contributed by atoms with van der Waals surface area (Å²) in [7, 11) is 0. The van der Waals surface area contributed by atoms with Gasteiger partial charge in [0.15, 0.2) is 0 Å². The predicted octanol–water partition coefficient (Wildman–Crippen LogP) is 2.14. The van der Waals surface area contributed by atoms with E-state index in [0.717, 1.165) is 30.3 Å². The molecule has 2 heterocycles. The molecule has 3 rings (SSSR count). The van der Waals surface area contributed by atoms with Gasteiger partial charge in [0.1, 0.15) is 11.6 Å². The normalized spacial score (nSPS) is 15.1. The lowest BCUT2D eigenvalue weighted by atomic mass is 10.2. The molecule has 4 nitrogen and oxygen atoms in total. The molecule has 1 aromatic heterocycles. The van der Waals surface area contributed by atoms with Crippen LogP contribution in [0.15, 0.2) is 36.5 Å². The lowest BCUT2D eigenvalue weighted by Gasteiger charge is -2.12. The molecule has 2 aromatic rings. The first-order valence-corrected chi connectivity index (χ1v) is 6.87. The Kier molecular flexibility index (Phi) is 3.51. The number of rotatable bonds is 4.